The van der Waals surface area contributed by atoms with Crippen LogP contribution in [0.3, 0.4) is 0 Å². The van der Waals surface area contributed by atoms with Crippen LogP contribution in [0, 0.1) is 17.8 Å². The highest BCUT2D eigenvalue weighted by Gasteiger charge is 2.51. The number of carbonyl (C=O) groups excluding carboxylic acids is 1. The van der Waals surface area contributed by atoms with Gasteiger partial charge in [-0.1, -0.05) is 0 Å². The van der Waals surface area contributed by atoms with E-state index in [0.717, 1.165) is 18.0 Å². The highest BCUT2D eigenvalue weighted by molar-refractivity contribution is 5.94. The van der Waals surface area contributed by atoms with E-state index in [1.807, 2.05) is 43.3 Å². The summed E-state index contributed by atoms with van der Waals surface area (Å²) in [6.45, 7) is 0.826. The number of aliphatic hydroxyl groups excluding tert-OH is 1. The van der Waals surface area contributed by atoms with Crippen LogP contribution in [0.1, 0.15) is 19.3 Å². The Labute approximate surface area is 137 Å². The molecular formula is C18H26N2O3. The molecule has 2 N–H and O–H groups in total. The Morgan fingerprint density at radius 3 is 2.65 bits per heavy atom. The SMILES string of the molecule is CN(C)CC(O)COc1ccc(NC(=O)C2CC2C2CC2)cc1. The lowest BCUT2D eigenvalue weighted by atomic mass is 10.2. The zero-order valence-electron chi connectivity index (χ0n) is 13.9. The van der Waals surface area contributed by atoms with Gasteiger partial charge in [0.15, 0.2) is 0 Å². The Hall–Kier alpha value is -1.59. The summed E-state index contributed by atoms with van der Waals surface area (Å²) in [6, 6.07) is 7.34. The van der Waals surface area contributed by atoms with Crippen molar-refractivity contribution >= 4 is 11.6 Å². The molecule has 3 atom stereocenters. The van der Waals surface area contributed by atoms with E-state index >= 15 is 0 Å². The van der Waals surface area contributed by atoms with Crippen molar-refractivity contribution in [1.82, 2.24) is 4.90 Å². The van der Waals surface area contributed by atoms with Crippen molar-refractivity contribution in [3.8, 4) is 5.75 Å². The molecule has 0 bridgehead atoms. The topological polar surface area (TPSA) is 61.8 Å². The van der Waals surface area contributed by atoms with Crippen LogP contribution >= 0.6 is 0 Å². The third-order valence-corrected chi connectivity index (χ3v) is 4.54. The first-order valence-corrected chi connectivity index (χ1v) is 8.39. The van der Waals surface area contributed by atoms with Crippen LogP contribution in [-0.2, 0) is 4.79 Å². The first kappa shape index (κ1) is 16.3. The Morgan fingerprint density at radius 1 is 1.35 bits per heavy atom. The maximum atomic E-state index is 12.1. The molecule has 0 radical (unpaired) electrons. The summed E-state index contributed by atoms with van der Waals surface area (Å²) >= 11 is 0. The number of benzene rings is 1. The monoisotopic (exact) mass is 318 g/mol. The smallest absolute Gasteiger partial charge is 0.227 e. The fraction of sp³-hybridized carbons (Fsp3) is 0.611. The van der Waals surface area contributed by atoms with Crippen molar-refractivity contribution < 1.29 is 14.6 Å². The number of nitrogens with one attached hydrogen (secondary N) is 1. The lowest BCUT2D eigenvalue weighted by Crippen LogP contribution is -2.30. The van der Waals surface area contributed by atoms with E-state index < -0.39 is 6.10 Å². The van der Waals surface area contributed by atoms with Crippen molar-refractivity contribution in [3.05, 3.63) is 24.3 Å². The number of nitrogens with zero attached hydrogens (tertiary/aromatic N) is 1. The molecule has 2 aliphatic carbocycles. The Bertz CT molecular complexity index is 540. The number of rotatable bonds is 8. The molecule has 1 amide bonds. The molecule has 3 unspecified atom stereocenters. The van der Waals surface area contributed by atoms with Gasteiger partial charge in [0, 0.05) is 18.2 Å². The Balaban J connectivity index is 1.42. The summed E-state index contributed by atoms with van der Waals surface area (Å²) < 4.78 is 5.56. The lowest BCUT2D eigenvalue weighted by molar-refractivity contribution is -0.117. The van der Waals surface area contributed by atoms with Crippen LogP contribution in [0.2, 0.25) is 0 Å². The third kappa shape index (κ3) is 4.69. The number of ether oxygens (including phenoxy) is 1. The summed E-state index contributed by atoms with van der Waals surface area (Å²) in [5.74, 6) is 2.52. The largest absolute Gasteiger partial charge is 0.491 e. The van der Waals surface area contributed by atoms with Gasteiger partial charge in [0.25, 0.3) is 0 Å². The van der Waals surface area contributed by atoms with Crippen LogP contribution in [0.5, 0.6) is 5.75 Å². The minimum absolute atomic E-state index is 0.150. The van der Waals surface area contributed by atoms with Crippen molar-refractivity contribution in [2.45, 2.75) is 25.4 Å². The second-order valence-electron chi connectivity index (χ2n) is 7.08. The minimum atomic E-state index is -0.515. The van der Waals surface area contributed by atoms with Gasteiger partial charge in [-0.15, -0.1) is 0 Å². The Morgan fingerprint density at radius 2 is 2.04 bits per heavy atom. The summed E-state index contributed by atoms with van der Waals surface area (Å²) in [4.78, 5) is 14.1. The van der Waals surface area contributed by atoms with Crippen molar-refractivity contribution in [3.63, 3.8) is 0 Å². The second-order valence-corrected chi connectivity index (χ2v) is 7.08. The minimum Gasteiger partial charge on any atom is -0.491 e. The van der Waals surface area contributed by atoms with Crippen LogP contribution in [0.15, 0.2) is 24.3 Å². The maximum Gasteiger partial charge on any atom is 0.227 e. The molecule has 0 spiro atoms. The average Bonchev–Trinajstić information content (AvgIpc) is 3.37. The number of hydrogen-bond acceptors (Lipinski definition) is 4. The molecule has 2 aliphatic rings. The number of likely N-dealkylation sites (N-methyl/N-ethyl adjacent to an activating group) is 1. The van der Waals surface area contributed by atoms with Gasteiger partial charge in [0.1, 0.15) is 18.5 Å². The van der Waals surface area contributed by atoms with Gasteiger partial charge in [0.05, 0.1) is 0 Å². The summed E-state index contributed by atoms with van der Waals surface area (Å²) in [5, 5.41) is 12.8. The van der Waals surface area contributed by atoms with Crippen molar-refractivity contribution in [2.24, 2.45) is 17.8 Å². The van der Waals surface area contributed by atoms with Crippen molar-refractivity contribution in [1.29, 1.82) is 0 Å². The molecule has 0 aromatic heterocycles. The third-order valence-electron chi connectivity index (χ3n) is 4.54. The van der Waals surface area contributed by atoms with Gasteiger partial charge in [-0.05, 0) is 69.5 Å². The first-order chi connectivity index (χ1) is 11.0. The molecule has 2 saturated carbocycles. The van der Waals surface area contributed by atoms with Crippen LogP contribution in [0.25, 0.3) is 0 Å². The van der Waals surface area contributed by atoms with E-state index in [1.165, 1.54) is 12.8 Å². The molecule has 0 heterocycles. The quantitative estimate of drug-likeness (QED) is 0.769. The number of carbonyl (C=O) groups is 1. The highest BCUT2D eigenvalue weighted by atomic mass is 16.5. The highest BCUT2D eigenvalue weighted by Crippen LogP contribution is 2.54. The van der Waals surface area contributed by atoms with E-state index in [2.05, 4.69) is 5.32 Å². The maximum absolute atomic E-state index is 12.1. The molecule has 23 heavy (non-hydrogen) atoms. The second kappa shape index (κ2) is 6.89. The molecule has 3 rings (SSSR count). The molecule has 1 aromatic carbocycles. The average molecular weight is 318 g/mol. The Kier molecular flexibility index (Phi) is 4.87. The molecule has 2 fully saturated rings. The molecule has 5 nitrogen and oxygen atoms in total. The normalized spacial score (nSPS) is 24.3. The van der Waals surface area contributed by atoms with Crippen LogP contribution in [-0.4, -0.2) is 49.3 Å². The van der Waals surface area contributed by atoms with Gasteiger partial charge in [-0.25, -0.2) is 0 Å². The molecule has 5 heteroatoms. The zero-order valence-corrected chi connectivity index (χ0v) is 13.9. The molecule has 126 valence electrons. The van der Waals surface area contributed by atoms with Crippen LogP contribution in [0.4, 0.5) is 5.69 Å². The van der Waals surface area contributed by atoms with Gasteiger partial charge >= 0.3 is 0 Å². The molecule has 0 aliphatic heterocycles. The van der Waals surface area contributed by atoms with Crippen LogP contribution < -0.4 is 10.1 Å². The van der Waals surface area contributed by atoms with Crippen molar-refractivity contribution in [2.75, 3.05) is 32.6 Å². The van der Waals surface area contributed by atoms with E-state index in [4.69, 9.17) is 4.74 Å². The summed E-state index contributed by atoms with van der Waals surface area (Å²) in [5.41, 5.74) is 0.803. The lowest BCUT2D eigenvalue weighted by Gasteiger charge is -2.16. The van der Waals surface area contributed by atoms with Gasteiger partial charge in [-0.2, -0.15) is 0 Å². The summed E-state index contributed by atoms with van der Waals surface area (Å²) in [6.07, 6.45) is 3.15. The fourth-order valence-corrected chi connectivity index (χ4v) is 3.10. The van der Waals surface area contributed by atoms with E-state index in [9.17, 15) is 9.90 Å². The first-order valence-electron chi connectivity index (χ1n) is 8.39. The van der Waals surface area contributed by atoms with E-state index in [1.54, 1.807) is 0 Å². The van der Waals surface area contributed by atoms with E-state index in [0.29, 0.717) is 18.2 Å². The zero-order chi connectivity index (χ0) is 16.4. The fourth-order valence-electron chi connectivity index (χ4n) is 3.10. The standard InChI is InChI=1S/C18H26N2O3/c1-20(2)10-14(21)11-23-15-7-5-13(6-8-15)19-18(22)17-9-16(17)12-3-4-12/h5-8,12,14,16-17,21H,3-4,9-11H2,1-2H3,(H,19,22). The number of hydrogen-bond donors (Lipinski definition) is 2. The van der Waals surface area contributed by atoms with Gasteiger partial charge < -0.3 is 20.1 Å². The van der Waals surface area contributed by atoms with Gasteiger partial charge in [-0.3, -0.25) is 4.79 Å². The number of aliphatic hydroxyl groups is 1. The summed E-state index contributed by atoms with van der Waals surface area (Å²) in [7, 11) is 3.82. The number of amides is 1. The predicted molar refractivity (Wildman–Crippen MR) is 89.4 cm³/mol. The predicted octanol–water partition coefficient (Wildman–Crippen LogP) is 1.97. The molecule has 0 saturated heterocycles. The molecule has 1 aromatic rings. The van der Waals surface area contributed by atoms with Gasteiger partial charge in [0.2, 0.25) is 5.91 Å². The van der Waals surface area contributed by atoms with E-state index in [-0.39, 0.29) is 18.4 Å². The number of anilines is 1. The molecular weight excluding hydrogens is 292 g/mol.